The molecule has 0 atom stereocenters. The average Bonchev–Trinajstić information content (AvgIpc) is 3.72. The summed E-state index contributed by atoms with van der Waals surface area (Å²) >= 11 is 0. The van der Waals surface area contributed by atoms with E-state index in [9.17, 15) is 0 Å². The third kappa shape index (κ3) is 7.39. The van der Waals surface area contributed by atoms with E-state index in [1.807, 2.05) is 0 Å². The van der Waals surface area contributed by atoms with Gasteiger partial charge in [-0.25, -0.2) is 0 Å². The van der Waals surface area contributed by atoms with Gasteiger partial charge in [0.15, 0.2) is 0 Å². The van der Waals surface area contributed by atoms with Crippen LogP contribution in [0.25, 0.3) is 32.7 Å². The fourth-order valence-electron chi connectivity index (χ4n) is 12.5. The average molecular weight is 982 g/mol. The van der Waals surface area contributed by atoms with Gasteiger partial charge in [0, 0.05) is 39.2 Å². The molecule has 3 heteroatoms. The minimum atomic E-state index is -0.787. The molecule has 13 rings (SSSR count). The maximum absolute atomic E-state index is 2.58. The quantitative estimate of drug-likeness (QED) is 0.158. The summed E-state index contributed by atoms with van der Waals surface area (Å²) in [6, 6.07) is 89.6. The highest BCUT2D eigenvalue weighted by atomic mass is 15.2. The van der Waals surface area contributed by atoms with Gasteiger partial charge in [-0.05, 0) is 165 Å². The Morgan fingerprint density at radius 3 is 1.04 bits per heavy atom. The van der Waals surface area contributed by atoms with E-state index < -0.39 is 5.41 Å². The van der Waals surface area contributed by atoms with Crippen molar-refractivity contribution in [3.8, 4) is 11.1 Å². The molecule has 3 nitrogen and oxygen atoms in total. The first-order valence-electron chi connectivity index (χ1n) is 26.9. The van der Waals surface area contributed by atoms with E-state index in [2.05, 4.69) is 307 Å². The van der Waals surface area contributed by atoms with Crippen LogP contribution in [0, 0.1) is 13.8 Å². The Morgan fingerprint density at radius 1 is 0.329 bits per heavy atom. The van der Waals surface area contributed by atoms with Gasteiger partial charge >= 0.3 is 0 Å². The number of hydrogen-bond acceptors (Lipinski definition) is 3. The Morgan fingerprint density at radius 2 is 0.658 bits per heavy atom. The first kappa shape index (κ1) is 47.1. The molecule has 1 aliphatic heterocycles. The van der Waals surface area contributed by atoms with Crippen LogP contribution in [-0.2, 0) is 16.2 Å². The summed E-state index contributed by atoms with van der Waals surface area (Å²) in [5.41, 5.74) is 22.1. The normalized spacial score (nSPS) is 13.3. The largest absolute Gasteiger partial charge is 0.310 e. The summed E-state index contributed by atoms with van der Waals surface area (Å²) in [4.78, 5) is 7.50. The molecule has 0 saturated carbocycles. The predicted octanol–water partition coefficient (Wildman–Crippen LogP) is 20.3. The standard InChI is InChI=1S/C73H63N3/c1-48-30-38-53(39-31-48)74(55-42-34-50(35-43-55)71(3,4)5)67-46-63-69(59-24-14-12-22-57(59)67)70-60-25-15-13-23-58(60)68(75(54-40-32-49(2)33-41-54)56-44-36-51(37-45-56)72(6,7)8)47-64(70)73(63)61-26-16-18-28-65(61)76(52-20-10-9-11-21-52)66-29-19-17-27-62(66)73/h9-47H,1-8H3. The van der Waals surface area contributed by atoms with Gasteiger partial charge in [0.25, 0.3) is 0 Å². The molecule has 0 saturated heterocycles. The van der Waals surface area contributed by atoms with Crippen LogP contribution in [0.3, 0.4) is 0 Å². The highest BCUT2D eigenvalue weighted by molar-refractivity contribution is 6.19. The lowest BCUT2D eigenvalue weighted by Crippen LogP contribution is -2.36. The summed E-state index contributed by atoms with van der Waals surface area (Å²) in [6.07, 6.45) is 0. The molecule has 11 aromatic rings. The van der Waals surface area contributed by atoms with Crippen LogP contribution < -0.4 is 14.7 Å². The maximum Gasteiger partial charge on any atom is 0.0756 e. The van der Waals surface area contributed by atoms with E-state index in [0.29, 0.717) is 0 Å². The molecular weight excluding hydrogens is 919 g/mol. The highest BCUT2D eigenvalue weighted by Gasteiger charge is 2.53. The number of rotatable bonds is 7. The van der Waals surface area contributed by atoms with Crippen LogP contribution in [0.15, 0.2) is 237 Å². The Balaban J connectivity index is 1.20. The second kappa shape index (κ2) is 17.7. The Hall–Kier alpha value is -8.66. The lowest BCUT2D eigenvalue weighted by atomic mass is 9.64. The summed E-state index contributed by atoms with van der Waals surface area (Å²) in [5, 5.41) is 4.84. The lowest BCUT2D eigenvalue weighted by Gasteiger charge is -2.45. The molecule has 2 aliphatic rings. The van der Waals surface area contributed by atoms with Crippen molar-refractivity contribution in [2.24, 2.45) is 0 Å². The van der Waals surface area contributed by atoms with Crippen molar-refractivity contribution in [1.29, 1.82) is 0 Å². The van der Waals surface area contributed by atoms with Gasteiger partial charge in [-0.3, -0.25) is 0 Å². The van der Waals surface area contributed by atoms with E-state index in [0.717, 1.165) is 51.2 Å². The number of anilines is 9. The van der Waals surface area contributed by atoms with Gasteiger partial charge in [-0.1, -0.05) is 204 Å². The third-order valence-electron chi connectivity index (χ3n) is 16.3. The van der Waals surface area contributed by atoms with Gasteiger partial charge < -0.3 is 14.7 Å². The van der Waals surface area contributed by atoms with Crippen molar-refractivity contribution in [1.82, 2.24) is 0 Å². The van der Waals surface area contributed by atoms with E-state index in [1.54, 1.807) is 0 Å². The van der Waals surface area contributed by atoms with Gasteiger partial charge in [0.2, 0.25) is 0 Å². The van der Waals surface area contributed by atoms with Gasteiger partial charge in [-0.15, -0.1) is 0 Å². The topological polar surface area (TPSA) is 9.72 Å². The van der Waals surface area contributed by atoms with Crippen LogP contribution in [0.4, 0.5) is 51.2 Å². The molecular formula is C73H63N3. The Kier molecular flexibility index (Phi) is 11.0. The molecule has 0 N–H and O–H groups in total. The van der Waals surface area contributed by atoms with Crippen LogP contribution in [0.2, 0.25) is 0 Å². The van der Waals surface area contributed by atoms with E-state index >= 15 is 0 Å². The molecule has 1 aliphatic carbocycles. The van der Waals surface area contributed by atoms with E-state index in [-0.39, 0.29) is 10.8 Å². The molecule has 370 valence electrons. The minimum Gasteiger partial charge on any atom is -0.310 e. The number of benzene rings is 11. The van der Waals surface area contributed by atoms with Crippen molar-refractivity contribution < 1.29 is 0 Å². The Bertz CT molecular complexity index is 3760. The van der Waals surface area contributed by atoms with Gasteiger partial charge in [0.05, 0.1) is 28.2 Å². The van der Waals surface area contributed by atoms with Crippen LogP contribution >= 0.6 is 0 Å². The number of hydrogen-bond donors (Lipinski definition) is 0. The van der Waals surface area contributed by atoms with E-state index in [4.69, 9.17) is 0 Å². The number of nitrogens with zero attached hydrogens (tertiary/aromatic N) is 3. The number of aryl methyl sites for hydroxylation is 2. The molecule has 0 fully saturated rings. The summed E-state index contributed by atoms with van der Waals surface area (Å²) in [7, 11) is 0. The van der Waals surface area contributed by atoms with Crippen molar-refractivity contribution in [2.75, 3.05) is 14.7 Å². The zero-order valence-electron chi connectivity index (χ0n) is 44.9. The monoisotopic (exact) mass is 982 g/mol. The molecule has 0 aromatic heterocycles. The third-order valence-corrected chi connectivity index (χ3v) is 16.3. The summed E-state index contributed by atoms with van der Waals surface area (Å²) in [5.74, 6) is 0. The first-order valence-corrected chi connectivity index (χ1v) is 26.9. The fraction of sp³-hybridized carbons (Fsp3) is 0.151. The van der Waals surface area contributed by atoms with E-state index in [1.165, 1.54) is 77.2 Å². The van der Waals surface area contributed by atoms with Crippen molar-refractivity contribution in [3.63, 3.8) is 0 Å². The predicted molar refractivity (Wildman–Crippen MR) is 323 cm³/mol. The second-order valence-electron chi connectivity index (χ2n) is 23.1. The lowest BCUT2D eigenvalue weighted by molar-refractivity contribution is 0.590. The molecule has 0 radical (unpaired) electrons. The minimum absolute atomic E-state index is 0.00752. The zero-order valence-corrected chi connectivity index (χ0v) is 44.9. The Labute approximate surface area is 449 Å². The molecule has 0 amide bonds. The molecule has 0 bridgehead atoms. The van der Waals surface area contributed by atoms with Gasteiger partial charge in [-0.2, -0.15) is 0 Å². The fourth-order valence-corrected chi connectivity index (χ4v) is 12.5. The van der Waals surface area contributed by atoms with Crippen molar-refractivity contribution >= 4 is 72.7 Å². The molecule has 11 aromatic carbocycles. The second-order valence-corrected chi connectivity index (χ2v) is 23.1. The van der Waals surface area contributed by atoms with Crippen LogP contribution in [-0.4, -0.2) is 0 Å². The SMILES string of the molecule is Cc1ccc(N(c2ccc(C(C)(C)C)cc2)c2cc3c(c4ccccc24)-c2c(cc(N(c4ccc(C)cc4)c4ccc(C(C)(C)C)cc4)c4ccccc24)C32c3ccccc3N(c3ccccc3)c3ccccc32)cc1. The maximum atomic E-state index is 2.58. The van der Waals surface area contributed by atoms with Crippen molar-refractivity contribution in [2.45, 2.75) is 71.6 Å². The molecule has 76 heavy (non-hydrogen) atoms. The van der Waals surface area contributed by atoms with Crippen molar-refractivity contribution in [3.05, 3.63) is 281 Å². The highest BCUT2D eigenvalue weighted by Crippen LogP contribution is 2.67. The zero-order chi connectivity index (χ0) is 52.1. The number of para-hydroxylation sites is 3. The number of fused-ring (bicyclic) bond motifs is 13. The summed E-state index contributed by atoms with van der Waals surface area (Å²) < 4.78 is 0. The van der Waals surface area contributed by atoms with Crippen LogP contribution in [0.1, 0.15) is 86.1 Å². The summed E-state index contributed by atoms with van der Waals surface area (Å²) in [6.45, 7) is 18.1. The van der Waals surface area contributed by atoms with Gasteiger partial charge in [0.1, 0.15) is 0 Å². The molecule has 1 spiro atoms. The molecule has 0 unspecified atom stereocenters. The first-order chi connectivity index (χ1) is 36.8. The van der Waals surface area contributed by atoms with Crippen LogP contribution in [0.5, 0.6) is 0 Å². The smallest absolute Gasteiger partial charge is 0.0756 e. The molecule has 1 heterocycles.